The summed E-state index contributed by atoms with van der Waals surface area (Å²) in [5.74, 6) is 0.764. The fourth-order valence-electron chi connectivity index (χ4n) is 4.97. The number of hydrogen-bond acceptors (Lipinski definition) is 4. The number of ketones is 1. The van der Waals surface area contributed by atoms with Crippen molar-refractivity contribution in [2.24, 2.45) is 5.41 Å². The molecule has 0 aromatic heterocycles. The van der Waals surface area contributed by atoms with Gasteiger partial charge in [0.05, 0.1) is 19.9 Å². The van der Waals surface area contributed by atoms with E-state index >= 15 is 0 Å². The SMILES string of the molecule is COc1cccc([C@H]2CC(=O)N(c3cc(Cl)ccc3C)C3=C2C(=O)CC(C)(C)C3)c1OC. The first-order valence-electron chi connectivity index (χ1n) is 10.7. The molecule has 2 aromatic carbocycles. The third-order valence-electron chi connectivity index (χ3n) is 6.36. The normalized spacial score (nSPS) is 20.3. The zero-order valence-electron chi connectivity index (χ0n) is 19.1. The summed E-state index contributed by atoms with van der Waals surface area (Å²) in [7, 11) is 3.16. The predicted molar refractivity (Wildman–Crippen MR) is 126 cm³/mol. The highest BCUT2D eigenvalue weighted by molar-refractivity contribution is 6.31. The molecule has 2 aliphatic rings. The minimum atomic E-state index is -0.387. The Kier molecular flexibility index (Phi) is 5.80. The number of allylic oxidation sites excluding steroid dienone is 2. The van der Waals surface area contributed by atoms with Crippen molar-refractivity contribution in [1.82, 2.24) is 0 Å². The van der Waals surface area contributed by atoms with Crippen LogP contribution in [0.2, 0.25) is 5.02 Å². The molecular formula is C26H28ClNO4. The summed E-state index contributed by atoms with van der Waals surface area (Å²) in [5.41, 5.74) is 3.67. The number of rotatable bonds is 4. The highest BCUT2D eigenvalue weighted by atomic mass is 35.5. The second-order valence-electron chi connectivity index (χ2n) is 9.30. The van der Waals surface area contributed by atoms with Gasteiger partial charge in [-0.3, -0.25) is 14.5 Å². The first kappa shape index (κ1) is 22.4. The van der Waals surface area contributed by atoms with Crippen LogP contribution in [0.4, 0.5) is 5.69 Å². The Morgan fingerprint density at radius 1 is 1.06 bits per heavy atom. The van der Waals surface area contributed by atoms with Crippen molar-refractivity contribution in [1.29, 1.82) is 0 Å². The Hall–Kier alpha value is -2.79. The van der Waals surface area contributed by atoms with Crippen LogP contribution < -0.4 is 14.4 Å². The lowest BCUT2D eigenvalue weighted by Gasteiger charge is -2.43. The molecule has 5 nitrogen and oxygen atoms in total. The standard InChI is InChI=1S/C26H28ClNO4/c1-15-9-10-16(27)11-19(15)28-20-13-26(2,3)14-21(29)24(20)18(12-23(28)30)17-7-6-8-22(31-4)25(17)32-5/h6-11,18H,12-14H2,1-5H3/t18-/m1/s1. The highest BCUT2D eigenvalue weighted by Crippen LogP contribution is 2.51. The lowest BCUT2D eigenvalue weighted by Crippen LogP contribution is -2.44. The molecule has 1 heterocycles. The molecule has 0 saturated carbocycles. The number of hydrogen-bond donors (Lipinski definition) is 0. The molecule has 1 atom stereocenters. The molecule has 0 spiro atoms. The van der Waals surface area contributed by atoms with Gasteiger partial charge in [-0.05, 0) is 42.5 Å². The van der Waals surface area contributed by atoms with E-state index in [0.717, 1.165) is 22.5 Å². The molecule has 1 aliphatic carbocycles. The Morgan fingerprint density at radius 3 is 2.50 bits per heavy atom. The number of para-hydroxylation sites is 1. The van der Waals surface area contributed by atoms with Crippen molar-refractivity contribution in [3.8, 4) is 11.5 Å². The Morgan fingerprint density at radius 2 is 1.81 bits per heavy atom. The molecule has 0 N–H and O–H groups in total. The van der Waals surface area contributed by atoms with Crippen LogP contribution in [0.5, 0.6) is 11.5 Å². The molecule has 0 unspecified atom stereocenters. The van der Waals surface area contributed by atoms with Gasteiger partial charge in [0.25, 0.3) is 0 Å². The smallest absolute Gasteiger partial charge is 0.232 e. The summed E-state index contributed by atoms with van der Waals surface area (Å²) in [6.07, 6.45) is 1.22. The molecular weight excluding hydrogens is 426 g/mol. The van der Waals surface area contributed by atoms with Gasteiger partial charge in [-0.15, -0.1) is 0 Å². The summed E-state index contributed by atoms with van der Waals surface area (Å²) in [6, 6.07) is 11.1. The van der Waals surface area contributed by atoms with E-state index in [2.05, 4.69) is 13.8 Å². The lowest BCUT2D eigenvalue weighted by atomic mass is 9.69. The van der Waals surface area contributed by atoms with Crippen molar-refractivity contribution < 1.29 is 19.1 Å². The number of carbonyl (C=O) groups is 2. The molecule has 2 aromatic rings. The Bertz CT molecular complexity index is 1130. The average Bonchev–Trinajstić information content (AvgIpc) is 2.73. The van der Waals surface area contributed by atoms with E-state index in [4.69, 9.17) is 21.1 Å². The van der Waals surface area contributed by atoms with Crippen molar-refractivity contribution >= 4 is 29.0 Å². The largest absolute Gasteiger partial charge is 0.493 e. The van der Waals surface area contributed by atoms with Gasteiger partial charge >= 0.3 is 0 Å². The number of benzene rings is 2. The maximum atomic E-state index is 13.6. The fraction of sp³-hybridized carbons (Fsp3) is 0.385. The molecule has 1 aliphatic heterocycles. The highest BCUT2D eigenvalue weighted by Gasteiger charge is 2.45. The maximum absolute atomic E-state index is 13.6. The fourth-order valence-corrected chi connectivity index (χ4v) is 5.14. The van der Waals surface area contributed by atoms with Gasteiger partial charge in [0, 0.05) is 40.6 Å². The summed E-state index contributed by atoms with van der Waals surface area (Å²) < 4.78 is 11.1. The number of aryl methyl sites for hydroxylation is 1. The number of anilines is 1. The van der Waals surface area contributed by atoms with Crippen LogP contribution in [0, 0.1) is 12.3 Å². The lowest BCUT2D eigenvalue weighted by molar-refractivity contribution is -0.121. The van der Waals surface area contributed by atoms with E-state index in [9.17, 15) is 9.59 Å². The molecule has 32 heavy (non-hydrogen) atoms. The molecule has 1 amide bonds. The molecule has 4 rings (SSSR count). The predicted octanol–water partition coefficient (Wildman–Crippen LogP) is 5.83. The van der Waals surface area contributed by atoms with Crippen molar-refractivity contribution in [3.63, 3.8) is 0 Å². The molecule has 6 heteroatoms. The first-order valence-corrected chi connectivity index (χ1v) is 11.1. The zero-order chi connectivity index (χ0) is 23.2. The van der Waals surface area contributed by atoms with Gasteiger partial charge in [-0.1, -0.05) is 43.6 Å². The second kappa shape index (κ2) is 8.28. The quantitative estimate of drug-likeness (QED) is 0.584. The summed E-state index contributed by atoms with van der Waals surface area (Å²) in [6.45, 7) is 6.09. The van der Waals surface area contributed by atoms with E-state index in [1.165, 1.54) is 0 Å². The van der Waals surface area contributed by atoms with Crippen LogP contribution in [0.1, 0.15) is 50.2 Å². The summed E-state index contributed by atoms with van der Waals surface area (Å²) in [5, 5.41) is 0.554. The average molecular weight is 454 g/mol. The Labute approximate surface area is 194 Å². The van der Waals surface area contributed by atoms with Crippen LogP contribution >= 0.6 is 11.6 Å². The monoisotopic (exact) mass is 453 g/mol. The van der Waals surface area contributed by atoms with Gasteiger partial charge < -0.3 is 9.47 Å². The number of Topliss-reactive ketones (excluding diaryl/α,β-unsaturated/α-hetero) is 1. The van der Waals surface area contributed by atoms with Crippen LogP contribution in [-0.2, 0) is 9.59 Å². The van der Waals surface area contributed by atoms with E-state index in [0.29, 0.717) is 34.9 Å². The number of amides is 1. The minimum absolute atomic E-state index is 0.0607. The van der Waals surface area contributed by atoms with E-state index in [-0.39, 0.29) is 29.4 Å². The number of carbonyl (C=O) groups excluding carboxylic acids is 2. The molecule has 0 saturated heterocycles. The van der Waals surface area contributed by atoms with E-state index < -0.39 is 0 Å². The number of ether oxygens (including phenoxy) is 2. The van der Waals surface area contributed by atoms with Gasteiger partial charge in [-0.2, -0.15) is 0 Å². The van der Waals surface area contributed by atoms with Gasteiger partial charge in [0.2, 0.25) is 5.91 Å². The van der Waals surface area contributed by atoms with Crippen molar-refractivity contribution in [3.05, 3.63) is 63.8 Å². The van der Waals surface area contributed by atoms with E-state index in [1.807, 2.05) is 37.3 Å². The third-order valence-corrected chi connectivity index (χ3v) is 6.60. The summed E-state index contributed by atoms with van der Waals surface area (Å²) in [4.78, 5) is 28.9. The third kappa shape index (κ3) is 3.79. The molecule has 168 valence electrons. The van der Waals surface area contributed by atoms with Crippen LogP contribution in [0.3, 0.4) is 0 Å². The maximum Gasteiger partial charge on any atom is 0.232 e. The van der Waals surface area contributed by atoms with Crippen molar-refractivity contribution in [2.75, 3.05) is 19.1 Å². The molecule has 0 radical (unpaired) electrons. The van der Waals surface area contributed by atoms with Crippen LogP contribution in [-0.4, -0.2) is 25.9 Å². The summed E-state index contributed by atoms with van der Waals surface area (Å²) >= 11 is 6.29. The number of halogens is 1. The second-order valence-corrected chi connectivity index (χ2v) is 9.74. The number of nitrogens with zero attached hydrogens (tertiary/aromatic N) is 1. The minimum Gasteiger partial charge on any atom is -0.493 e. The molecule has 0 fully saturated rings. The van der Waals surface area contributed by atoms with Crippen LogP contribution in [0.25, 0.3) is 0 Å². The van der Waals surface area contributed by atoms with Gasteiger partial charge in [0.15, 0.2) is 17.3 Å². The van der Waals surface area contributed by atoms with Crippen LogP contribution in [0.15, 0.2) is 47.7 Å². The van der Waals surface area contributed by atoms with Crippen molar-refractivity contribution in [2.45, 2.75) is 46.0 Å². The zero-order valence-corrected chi connectivity index (χ0v) is 19.9. The van der Waals surface area contributed by atoms with Gasteiger partial charge in [-0.25, -0.2) is 0 Å². The first-order chi connectivity index (χ1) is 15.2. The molecule has 0 bridgehead atoms. The van der Waals surface area contributed by atoms with Gasteiger partial charge in [0.1, 0.15) is 0 Å². The topological polar surface area (TPSA) is 55.8 Å². The van der Waals surface area contributed by atoms with E-state index in [1.54, 1.807) is 25.2 Å². The Balaban J connectivity index is 1.96. The number of methoxy groups -OCH3 is 2.